The SMILES string of the molecule is C[C@H](CCc1ncccc1CO)[C@H]1CC[C@H]2[C@@H]3CC=C4C[C@@H](O)CC[C@]4(C)[C@H]3CC[C@]12C. The third kappa shape index (κ3) is 3.59. The number of nitrogens with zero attached hydrogens (tertiary/aromatic N) is 1. The second-order valence-corrected chi connectivity index (χ2v) is 12.2. The van der Waals surface area contributed by atoms with Crippen LogP contribution in [0.3, 0.4) is 0 Å². The van der Waals surface area contributed by atoms with Crippen LogP contribution < -0.4 is 0 Å². The van der Waals surface area contributed by atoms with E-state index in [1.165, 1.54) is 44.9 Å². The van der Waals surface area contributed by atoms with Gasteiger partial charge in [-0.1, -0.05) is 38.5 Å². The highest BCUT2D eigenvalue weighted by atomic mass is 16.3. The molecule has 0 amide bonds. The molecule has 1 aromatic rings. The maximum atomic E-state index is 10.3. The van der Waals surface area contributed by atoms with E-state index in [9.17, 15) is 10.2 Å². The molecule has 0 radical (unpaired) electrons. The molecule has 0 aromatic carbocycles. The van der Waals surface area contributed by atoms with Crippen molar-refractivity contribution in [3.8, 4) is 0 Å². The van der Waals surface area contributed by atoms with E-state index in [4.69, 9.17) is 0 Å². The highest BCUT2D eigenvalue weighted by molar-refractivity contribution is 5.25. The van der Waals surface area contributed by atoms with Crippen LogP contribution in [0.4, 0.5) is 0 Å². The van der Waals surface area contributed by atoms with Crippen LogP contribution in [0, 0.1) is 40.4 Å². The zero-order chi connectivity index (χ0) is 22.5. The Morgan fingerprint density at radius 1 is 1.12 bits per heavy atom. The molecule has 0 aliphatic heterocycles. The van der Waals surface area contributed by atoms with Gasteiger partial charge in [0.15, 0.2) is 0 Å². The van der Waals surface area contributed by atoms with Crippen molar-refractivity contribution >= 4 is 0 Å². The lowest BCUT2D eigenvalue weighted by Crippen LogP contribution is -2.50. The van der Waals surface area contributed by atoms with E-state index in [1.54, 1.807) is 5.57 Å². The van der Waals surface area contributed by atoms with E-state index in [-0.39, 0.29) is 12.7 Å². The van der Waals surface area contributed by atoms with E-state index < -0.39 is 0 Å². The van der Waals surface area contributed by atoms with Crippen LogP contribution in [-0.4, -0.2) is 21.3 Å². The minimum absolute atomic E-state index is 0.0924. The van der Waals surface area contributed by atoms with Gasteiger partial charge < -0.3 is 10.2 Å². The molecule has 0 unspecified atom stereocenters. The van der Waals surface area contributed by atoms with Crippen LogP contribution in [0.1, 0.15) is 89.8 Å². The van der Waals surface area contributed by atoms with Gasteiger partial charge >= 0.3 is 0 Å². The summed E-state index contributed by atoms with van der Waals surface area (Å²) in [5, 5.41) is 19.9. The lowest BCUT2D eigenvalue weighted by molar-refractivity contribution is -0.0571. The third-order valence-electron chi connectivity index (χ3n) is 10.8. The van der Waals surface area contributed by atoms with Crippen molar-refractivity contribution in [2.24, 2.45) is 40.4 Å². The second-order valence-electron chi connectivity index (χ2n) is 12.2. The number of hydrogen-bond donors (Lipinski definition) is 2. The van der Waals surface area contributed by atoms with Crippen molar-refractivity contribution in [2.75, 3.05) is 0 Å². The van der Waals surface area contributed by atoms with E-state index in [0.717, 1.165) is 54.2 Å². The van der Waals surface area contributed by atoms with E-state index in [2.05, 4.69) is 31.8 Å². The molecule has 176 valence electrons. The van der Waals surface area contributed by atoms with Gasteiger partial charge in [0.25, 0.3) is 0 Å². The summed E-state index contributed by atoms with van der Waals surface area (Å²) >= 11 is 0. The Balaban J connectivity index is 1.30. The lowest BCUT2D eigenvalue weighted by Gasteiger charge is -2.58. The van der Waals surface area contributed by atoms with Crippen LogP contribution in [-0.2, 0) is 13.0 Å². The van der Waals surface area contributed by atoms with Crippen molar-refractivity contribution < 1.29 is 10.2 Å². The number of aromatic nitrogens is 1. The topological polar surface area (TPSA) is 53.4 Å². The average molecular weight is 438 g/mol. The Bertz CT molecular complexity index is 864. The van der Waals surface area contributed by atoms with Crippen molar-refractivity contribution in [1.82, 2.24) is 4.98 Å². The Morgan fingerprint density at radius 2 is 1.97 bits per heavy atom. The van der Waals surface area contributed by atoms with Crippen LogP contribution in [0.25, 0.3) is 0 Å². The summed E-state index contributed by atoms with van der Waals surface area (Å²) in [5.41, 5.74) is 4.47. The van der Waals surface area contributed by atoms with Gasteiger partial charge in [-0.3, -0.25) is 4.98 Å². The molecule has 3 nitrogen and oxygen atoms in total. The predicted octanol–water partition coefficient (Wildman–Crippen LogP) is 6.08. The Labute approximate surface area is 194 Å². The molecule has 3 heteroatoms. The number of rotatable bonds is 5. The van der Waals surface area contributed by atoms with Crippen molar-refractivity contribution in [3.63, 3.8) is 0 Å². The van der Waals surface area contributed by atoms with Gasteiger partial charge in [0.05, 0.1) is 12.7 Å². The van der Waals surface area contributed by atoms with Crippen molar-refractivity contribution in [2.45, 2.75) is 97.7 Å². The van der Waals surface area contributed by atoms with E-state index in [1.807, 2.05) is 18.3 Å². The minimum Gasteiger partial charge on any atom is -0.393 e. The molecule has 2 N–H and O–H groups in total. The summed E-state index contributed by atoms with van der Waals surface area (Å²) in [7, 11) is 0. The Hall–Kier alpha value is -1.19. The first-order valence-corrected chi connectivity index (χ1v) is 13.3. The van der Waals surface area contributed by atoms with E-state index in [0.29, 0.717) is 16.7 Å². The quantitative estimate of drug-likeness (QED) is 0.549. The second kappa shape index (κ2) is 8.55. The predicted molar refractivity (Wildman–Crippen MR) is 129 cm³/mol. The maximum absolute atomic E-state index is 10.3. The molecule has 5 rings (SSSR count). The number of aliphatic hydroxyl groups excluding tert-OH is 2. The highest BCUT2D eigenvalue weighted by Gasteiger charge is 2.59. The molecule has 0 spiro atoms. The Morgan fingerprint density at radius 3 is 2.78 bits per heavy atom. The minimum atomic E-state index is -0.109. The summed E-state index contributed by atoms with van der Waals surface area (Å²) < 4.78 is 0. The molecule has 4 aliphatic carbocycles. The summed E-state index contributed by atoms with van der Waals surface area (Å²) in [6.07, 6.45) is 16.3. The standard InChI is InChI=1S/C29H43NO2/c1-19(6-11-27-20(18-31)5-4-16-30-27)24-9-10-25-23-8-7-21-17-22(32)12-14-28(21,2)26(23)13-15-29(24,25)3/h4-5,7,16,19,22-26,31-32H,6,8-15,17-18H2,1-3H3/t19-,22+,23+,24-,25+,26+,28+,29-/m1/s1. The summed E-state index contributed by atoms with van der Waals surface area (Å²) in [5.74, 6) is 4.03. The molecule has 0 saturated heterocycles. The van der Waals surface area contributed by atoms with Gasteiger partial charge in [0.1, 0.15) is 0 Å². The maximum Gasteiger partial charge on any atom is 0.0699 e. The van der Waals surface area contributed by atoms with Crippen LogP contribution >= 0.6 is 0 Å². The zero-order valence-corrected chi connectivity index (χ0v) is 20.4. The number of aliphatic hydroxyl groups is 2. The number of fused-ring (bicyclic) bond motifs is 5. The van der Waals surface area contributed by atoms with Crippen LogP contribution in [0.5, 0.6) is 0 Å². The monoisotopic (exact) mass is 437 g/mol. The summed E-state index contributed by atoms with van der Waals surface area (Å²) in [6, 6.07) is 3.94. The largest absolute Gasteiger partial charge is 0.393 e. The fraction of sp³-hybridized carbons (Fsp3) is 0.759. The first kappa shape index (κ1) is 22.6. The molecule has 3 fully saturated rings. The first-order chi connectivity index (χ1) is 15.4. The van der Waals surface area contributed by atoms with Crippen LogP contribution in [0.2, 0.25) is 0 Å². The number of pyridine rings is 1. The molecule has 4 aliphatic rings. The molecule has 1 aromatic heterocycles. The van der Waals surface area contributed by atoms with Gasteiger partial charge in [-0.2, -0.15) is 0 Å². The van der Waals surface area contributed by atoms with E-state index >= 15 is 0 Å². The van der Waals surface area contributed by atoms with Gasteiger partial charge in [0, 0.05) is 11.9 Å². The molecule has 1 heterocycles. The normalized spacial score (nSPS) is 41.9. The number of allylic oxidation sites excluding steroid dienone is 1. The Kier molecular flexibility index (Phi) is 6.03. The molecule has 0 bridgehead atoms. The molecular formula is C29H43NO2. The number of hydrogen-bond acceptors (Lipinski definition) is 3. The zero-order valence-electron chi connectivity index (χ0n) is 20.4. The van der Waals surface area contributed by atoms with Gasteiger partial charge in [-0.25, -0.2) is 0 Å². The van der Waals surface area contributed by atoms with Crippen molar-refractivity contribution in [1.29, 1.82) is 0 Å². The van der Waals surface area contributed by atoms with Crippen molar-refractivity contribution in [3.05, 3.63) is 41.2 Å². The molecule has 8 atom stereocenters. The number of aryl methyl sites for hydroxylation is 1. The van der Waals surface area contributed by atoms with Gasteiger partial charge in [-0.15, -0.1) is 0 Å². The fourth-order valence-corrected chi connectivity index (χ4v) is 9.02. The fourth-order valence-electron chi connectivity index (χ4n) is 9.02. The lowest BCUT2D eigenvalue weighted by atomic mass is 9.47. The molecule has 3 saturated carbocycles. The third-order valence-corrected chi connectivity index (χ3v) is 10.8. The summed E-state index contributed by atoms with van der Waals surface area (Å²) in [6.45, 7) is 7.74. The highest BCUT2D eigenvalue weighted by Crippen LogP contribution is 2.67. The van der Waals surface area contributed by atoms with Gasteiger partial charge in [-0.05, 0) is 116 Å². The first-order valence-electron chi connectivity index (χ1n) is 13.3. The summed E-state index contributed by atoms with van der Waals surface area (Å²) in [4.78, 5) is 4.57. The molecular weight excluding hydrogens is 394 g/mol. The van der Waals surface area contributed by atoms with Crippen LogP contribution in [0.15, 0.2) is 30.0 Å². The average Bonchev–Trinajstić information content (AvgIpc) is 3.15. The van der Waals surface area contributed by atoms with Gasteiger partial charge in [0.2, 0.25) is 0 Å². The molecule has 32 heavy (non-hydrogen) atoms. The smallest absolute Gasteiger partial charge is 0.0699 e.